The molecule has 0 aliphatic rings. The van der Waals surface area contributed by atoms with Gasteiger partial charge in [-0.2, -0.15) is 0 Å². The SMILES string of the molecule is CC(CN(Cc1ccccn1)Cc1ccccn1)SSC(C)CN(Cc1ccccn1)Cc1ccccn1. The molecule has 198 valence electrons. The zero-order valence-corrected chi connectivity index (χ0v) is 23.8. The summed E-state index contributed by atoms with van der Waals surface area (Å²) in [6, 6.07) is 24.5. The number of aromatic nitrogens is 4. The molecular weight excluding hydrogens is 509 g/mol. The summed E-state index contributed by atoms with van der Waals surface area (Å²) in [5, 5.41) is 0.907. The third kappa shape index (κ3) is 10.2. The van der Waals surface area contributed by atoms with E-state index in [9.17, 15) is 0 Å². The first-order valence-electron chi connectivity index (χ1n) is 13.0. The molecule has 0 fully saturated rings. The molecule has 0 bridgehead atoms. The summed E-state index contributed by atoms with van der Waals surface area (Å²) in [7, 11) is 3.93. The Bertz CT molecular complexity index is 991. The Morgan fingerprint density at radius 1 is 0.500 bits per heavy atom. The lowest BCUT2D eigenvalue weighted by molar-refractivity contribution is 0.254. The van der Waals surface area contributed by atoms with Crippen LogP contribution in [-0.4, -0.2) is 53.3 Å². The lowest BCUT2D eigenvalue weighted by atomic mass is 10.2. The van der Waals surface area contributed by atoms with Gasteiger partial charge >= 0.3 is 0 Å². The lowest BCUT2D eigenvalue weighted by Crippen LogP contribution is -2.31. The van der Waals surface area contributed by atoms with E-state index < -0.39 is 0 Å². The monoisotopic (exact) mass is 544 g/mol. The van der Waals surface area contributed by atoms with Crippen LogP contribution in [0.4, 0.5) is 0 Å². The maximum atomic E-state index is 4.55. The molecule has 38 heavy (non-hydrogen) atoms. The zero-order valence-electron chi connectivity index (χ0n) is 22.1. The van der Waals surface area contributed by atoms with E-state index in [4.69, 9.17) is 0 Å². The summed E-state index contributed by atoms with van der Waals surface area (Å²) in [6.45, 7) is 9.79. The third-order valence-electron chi connectivity index (χ3n) is 5.86. The molecule has 0 aliphatic heterocycles. The molecule has 6 nitrogen and oxygen atoms in total. The maximum absolute atomic E-state index is 4.55. The van der Waals surface area contributed by atoms with Crippen molar-refractivity contribution in [3.8, 4) is 0 Å². The first kappa shape index (κ1) is 28.2. The fraction of sp³-hybridized carbons (Fsp3) is 0.333. The number of pyridine rings is 4. The molecule has 0 saturated carbocycles. The van der Waals surface area contributed by atoms with Crippen LogP contribution in [-0.2, 0) is 26.2 Å². The molecule has 0 N–H and O–H groups in total. The van der Waals surface area contributed by atoms with Crippen LogP contribution >= 0.6 is 21.6 Å². The largest absolute Gasteiger partial charge is 0.291 e. The van der Waals surface area contributed by atoms with Crippen LogP contribution in [0.15, 0.2) is 97.6 Å². The molecular formula is C30H36N6S2. The van der Waals surface area contributed by atoms with Gasteiger partial charge in [0.05, 0.1) is 22.8 Å². The molecule has 0 aliphatic carbocycles. The molecule has 0 amide bonds. The first-order valence-corrected chi connectivity index (χ1v) is 15.3. The highest BCUT2D eigenvalue weighted by Gasteiger charge is 2.17. The fourth-order valence-corrected chi connectivity index (χ4v) is 6.66. The molecule has 0 radical (unpaired) electrons. The molecule has 4 aromatic heterocycles. The van der Waals surface area contributed by atoms with Gasteiger partial charge < -0.3 is 0 Å². The number of nitrogens with zero attached hydrogens (tertiary/aromatic N) is 6. The predicted molar refractivity (Wildman–Crippen MR) is 159 cm³/mol. The van der Waals surface area contributed by atoms with Gasteiger partial charge in [0.25, 0.3) is 0 Å². The normalized spacial score (nSPS) is 13.1. The molecule has 4 heterocycles. The van der Waals surface area contributed by atoms with Crippen LogP contribution in [0.1, 0.15) is 36.6 Å². The minimum absolute atomic E-state index is 0.454. The van der Waals surface area contributed by atoms with Gasteiger partial charge in [0.2, 0.25) is 0 Å². The van der Waals surface area contributed by atoms with Crippen LogP contribution in [0.3, 0.4) is 0 Å². The van der Waals surface area contributed by atoms with Crippen molar-refractivity contribution in [1.29, 1.82) is 0 Å². The van der Waals surface area contributed by atoms with Gasteiger partial charge in [-0.25, -0.2) is 0 Å². The Labute approximate surface area is 234 Å². The molecule has 2 atom stereocenters. The molecule has 4 aromatic rings. The average molecular weight is 545 g/mol. The van der Waals surface area contributed by atoms with E-state index in [0.717, 1.165) is 62.0 Å². The van der Waals surface area contributed by atoms with Crippen LogP contribution in [0.25, 0.3) is 0 Å². The second-order valence-corrected chi connectivity index (χ2v) is 12.6. The van der Waals surface area contributed by atoms with Crippen molar-refractivity contribution in [2.24, 2.45) is 0 Å². The van der Waals surface area contributed by atoms with Crippen molar-refractivity contribution in [2.45, 2.75) is 50.5 Å². The van der Waals surface area contributed by atoms with E-state index in [2.05, 4.69) is 92.1 Å². The quantitative estimate of drug-likeness (QED) is 0.166. The Hall–Kier alpha value is -2.78. The smallest absolute Gasteiger partial charge is 0.0544 e. The van der Waals surface area contributed by atoms with E-state index in [-0.39, 0.29) is 0 Å². The topological polar surface area (TPSA) is 58.0 Å². The van der Waals surface area contributed by atoms with Crippen molar-refractivity contribution in [1.82, 2.24) is 29.7 Å². The zero-order chi connectivity index (χ0) is 26.4. The summed E-state index contributed by atoms with van der Waals surface area (Å²) in [6.07, 6.45) is 7.47. The number of hydrogen-bond acceptors (Lipinski definition) is 8. The van der Waals surface area contributed by atoms with Crippen LogP contribution < -0.4 is 0 Å². The van der Waals surface area contributed by atoms with Crippen molar-refractivity contribution >= 4 is 21.6 Å². The van der Waals surface area contributed by atoms with Crippen LogP contribution in [0.5, 0.6) is 0 Å². The van der Waals surface area contributed by atoms with Crippen LogP contribution in [0.2, 0.25) is 0 Å². The summed E-state index contributed by atoms with van der Waals surface area (Å²) in [4.78, 5) is 23.1. The van der Waals surface area contributed by atoms with Gasteiger partial charge in [-0.3, -0.25) is 29.7 Å². The van der Waals surface area contributed by atoms with Crippen molar-refractivity contribution in [2.75, 3.05) is 13.1 Å². The lowest BCUT2D eigenvalue weighted by Gasteiger charge is -2.27. The Balaban J connectivity index is 1.32. The summed E-state index contributed by atoms with van der Waals surface area (Å²) in [5.74, 6) is 0. The molecule has 0 saturated heterocycles. The molecule has 2 unspecified atom stereocenters. The second kappa shape index (κ2) is 15.6. The van der Waals surface area contributed by atoms with Gasteiger partial charge in [-0.1, -0.05) is 59.7 Å². The predicted octanol–water partition coefficient (Wildman–Crippen LogP) is 6.13. The van der Waals surface area contributed by atoms with Gasteiger partial charge in [0.1, 0.15) is 0 Å². The van der Waals surface area contributed by atoms with Crippen molar-refractivity contribution in [3.05, 3.63) is 120 Å². The van der Waals surface area contributed by atoms with E-state index >= 15 is 0 Å². The number of rotatable bonds is 15. The van der Waals surface area contributed by atoms with Gasteiger partial charge in [0, 0.05) is 74.6 Å². The average Bonchev–Trinajstić information content (AvgIpc) is 2.94. The second-order valence-electron chi connectivity index (χ2n) is 9.44. The highest BCUT2D eigenvalue weighted by molar-refractivity contribution is 8.77. The van der Waals surface area contributed by atoms with E-state index in [1.165, 1.54) is 0 Å². The Morgan fingerprint density at radius 3 is 1.03 bits per heavy atom. The third-order valence-corrected chi connectivity index (χ3v) is 9.23. The Kier molecular flexibility index (Phi) is 11.6. The minimum Gasteiger partial charge on any atom is -0.291 e. The Morgan fingerprint density at radius 2 is 0.789 bits per heavy atom. The van der Waals surface area contributed by atoms with Gasteiger partial charge in [-0.15, -0.1) is 0 Å². The standard InChI is InChI=1S/C30H36N6S2/c1-25(19-35(21-27-11-3-7-15-31-27)22-28-12-4-8-16-32-28)37-38-26(2)20-36(23-29-13-5-9-17-33-29)24-30-14-6-10-18-34-30/h3-18,25-26H,19-24H2,1-2H3. The van der Waals surface area contributed by atoms with Gasteiger partial charge in [-0.05, 0) is 48.5 Å². The van der Waals surface area contributed by atoms with Crippen molar-refractivity contribution in [3.63, 3.8) is 0 Å². The fourth-order valence-electron chi connectivity index (χ4n) is 4.23. The molecule has 0 spiro atoms. The number of hydrogen-bond donors (Lipinski definition) is 0. The maximum Gasteiger partial charge on any atom is 0.0544 e. The van der Waals surface area contributed by atoms with E-state index in [0.29, 0.717) is 10.5 Å². The highest BCUT2D eigenvalue weighted by atomic mass is 33.1. The summed E-state index contributed by atoms with van der Waals surface area (Å²) < 4.78 is 0. The first-order chi connectivity index (χ1) is 18.6. The summed E-state index contributed by atoms with van der Waals surface area (Å²) in [5.41, 5.74) is 4.34. The van der Waals surface area contributed by atoms with Crippen molar-refractivity contribution < 1.29 is 0 Å². The highest BCUT2D eigenvalue weighted by Crippen LogP contribution is 2.32. The van der Waals surface area contributed by atoms with E-state index in [1.807, 2.05) is 70.6 Å². The minimum atomic E-state index is 0.454. The van der Waals surface area contributed by atoms with Gasteiger partial charge in [0.15, 0.2) is 0 Å². The summed E-state index contributed by atoms with van der Waals surface area (Å²) >= 11 is 0. The van der Waals surface area contributed by atoms with Crippen LogP contribution in [0, 0.1) is 0 Å². The molecule has 4 rings (SSSR count). The van der Waals surface area contributed by atoms with E-state index in [1.54, 1.807) is 0 Å². The molecule has 8 heteroatoms. The molecule has 0 aromatic carbocycles.